The average molecular weight is 332 g/mol. The van der Waals surface area contributed by atoms with Crippen LogP contribution in [0, 0.1) is 0 Å². The molecule has 1 saturated heterocycles. The Balaban J connectivity index is 2.32. The van der Waals surface area contributed by atoms with E-state index in [0.29, 0.717) is 11.9 Å². The van der Waals surface area contributed by atoms with E-state index < -0.39 is 0 Å². The first kappa shape index (κ1) is 14.1. The van der Waals surface area contributed by atoms with E-state index >= 15 is 0 Å². The molecule has 0 bridgehead atoms. The van der Waals surface area contributed by atoms with Gasteiger partial charge in [-0.15, -0.1) is 11.6 Å². The smallest absolute Gasteiger partial charge is 0.133 e. The van der Waals surface area contributed by atoms with Gasteiger partial charge in [0.15, 0.2) is 0 Å². The Hall–Kier alpha value is -0.280. The van der Waals surface area contributed by atoms with Crippen molar-refractivity contribution >= 4 is 33.3 Å². The molecule has 0 amide bonds. The summed E-state index contributed by atoms with van der Waals surface area (Å²) in [6.07, 6.45) is 8.26. The monoisotopic (exact) mass is 330 g/mol. The van der Waals surface area contributed by atoms with Crippen LogP contribution in [0.4, 0.5) is 5.82 Å². The van der Waals surface area contributed by atoms with Crippen LogP contribution in [0.1, 0.15) is 44.6 Å². The van der Waals surface area contributed by atoms with Gasteiger partial charge >= 0.3 is 0 Å². The van der Waals surface area contributed by atoms with Crippen molar-refractivity contribution in [2.24, 2.45) is 0 Å². The molecular weight excluding hydrogens is 312 g/mol. The van der Waals surface area contributed by atoms with Crippen LogP contribution in [0.15, 0.2) is 16.7 Å². The molecule has 0 radical (unpaired) electrons. The van der Waals surface area contributed by atoms with Crippen molar-refractivity contribution in [3.8, 4) is 0 Å². The van der Waals surface area contributed by atoms with Gasteiger partial charge in [0.2, 0.25) is 0 Å². The molecule has 1 fully saturated rings. The number of anilines is 1. The van der Waals surface area contributed by atoms with Crippen molar-refractivity contribution in [1.82, 2.24) is 4.98 Å². The van der Waals surface area contributed by atoms with Crippen molar-refractivity contribution < 1.29 is 0 Å². The van der Waals surface area contributed by atoms with Gasteiger partial charge in [-0.05, 0) is 41.3 Å². The van der Waals surface area contributed by atoms with E-state index in [1.165, 1.54) is 32.1 Å². The summed E-state index contributed by atoms with van der Waals surface area (Å²) in [5, 5.41) is 0. The Morgan fingerprint density at radius 1 is 1.44 bits per heavy atom. The highest BCUT2D eigenvalue weighted by atomic mass is 79.9. The number of rotatable bonds is 3. The second-order valence-electron chi connectivity index (χ2n) is 4.87. The summed E-state index contributed by atoms with van der Waals surface area (Å²) in [6.45, 7) is 3.37. The summed E-state index contributed by atoms with van der Waals surface area (Å²) in [7, 11) is 0. The standard InChI is InChI=1S/C14H20BrClN2/c1-2-13-6-4-3-5-7-18(13)14-11(9-16)8-12(15)10-17-14/h8,10,13H,2-7,9H2,1H3. The minimum atomic E-state index is 0.523. The van der Waals surface area contributed by atoms with Gasteiger partial charge < -0.3 is 4.90 Å². The van der Waals surface area contributed by atoms with Gasteiger partial charge in [-0.25, -0.2) is 4.98 Å². The Labute approximate surface area is 123 Å². The van der Waals surface area contributed by atoms with Crippen molar-refractivity contribution in [3.63, 3.8) is 0 Å². The molecule has 1 aromatic heterocycles. The first-order chi connectivity index (χ1) is 8.76. The lowest BCUT2D eigenvalue weighted by Crippen LogP contribution is -2.35. The zero-order valence-electron chi connectivity index (χ0n) is 10.8. The van der Waals surface area contributed by atoms with Crippen molar-refractivity contribution in [2.45, 2.75) is 50.9 Å². The molecule has 0 aromatic carbocycles. The molecule has 1 unspecified atom stereocenters. The van der Waals surface area contributed by atoms with Crippen molar-refractivity contribution in [3.05, 3.63) is 22.3 Å². The van der Waals surface area contributed by atoms with Gasteiger partial charge in [0.1, 0.15) is 5.82 Å². The summed E-state index contributed by atoms with van der Waals surface area (Å²) in [5.74, 6) is 1.61. The van der Waals surface area contributed by atoms with Crippen molar-refractivity contribution in [1.29, 1.82) is 0 Å². The third kappa shape index (κ3) is 3.18. The number of nitrogens with zero attached hydrogens (tertiary/aromatic N) is 2. The molecule has 4 heteroatoms. The first-order valence-electron chi connectivity index (χ1n) is 6.73. The Bertz CT molecular complexity index is 397. The summed E-state index contributed by atoms with van der Waals surface area (Å²) < 4.78 is 1.00. The molecule has 2 rings (SSSR count). The molecule has 1 aliphatic heterocycles. The van der Waals surface area contributed by atoms with E-state index in [4.69, 9.17) is 11.6 Å². The van der Waals surface area contributed by atoms with Crippen LogP contribution < -0.4 is 4.90 Å². The van der Waals surface area contributed by atoms with Gasteiger partial charge in [0, 0.05) is 28.8 Å². The number of hydrogen-bond donors (Lipinski definition) is 0. The maximum Gasteiger partial charge on any atom is 0.133 e. The highest BCUT2D eigenvalue weighted by molar-refractivity contribution is 9.10. The topological polar surface area (TPSA) is 16.1 Å². The zero-order valence-corrected chi connectivity index (χ0v) is 13.2. The summed E-state index contributed by atoms with van der Waals surface area (Å²) in [5.41, 5.74) is 1.13. The number of aromatic nitrogens is 1. The van der Waals surface area contributed by atoms with Gasteiger partial charge in [-0.2, -0.15) is 0 Å². The normalized spacial score (nSPS) is 20.8. The second-order valence-corrected chi connectivity index (χ2v) is 6.06. The fourth-order valence-corrected chi connectivity index (χ4v) is 3.29. The molecule has 1 atom stereocenters. The summed E-state index contributed by atoms with van der Waals surface area (Å²) in [6, 6.07) is 2.70. The molecule has 0 aliphatic carbocycles. The third-order valence-electron chi connectivity index (χ3n) is 3.67. The quantitative estimate of drug-likeness (QED) is 0.744. The number of hydrogen-bond acceptors (Lipinski definition) is 2. The average Bonchev–Trinajstić information content (AvgIpc) is 2.63. The minimum absolute atomic E-state index is 0.523. The van der Waals surface area contributed by atoms with Crippen LogP contribution in [0.5, 0.6) is 0 Å². The van der Waals surface area contributed by atoms with Crippen LogP contribution in [-0.4, -0.2) is 17.6 Å². The first-order valence-corrected chi connectivity index (χ1v) is 8.06. The predicted molar refractivity (Wildman–Crippen MR) is 81.4 cm³/mol. The lowest BCUT2D eigenvalue weighted by atomic mass is 10.1. The molecule has 0 N–H and O–H groups in total. The highest BCUT2D eigenvalue weighted by Gasteiger charge is 2.22. The van der Waals surface area contributed by atoms with E-state index in [1.807, 2.05) is 6.20 Å². The Morgan fingerprint density at radius 2 is 2.28 bits per heavy atom. The maximum atomic E-state index is 6.07. The lowest BCUT2D eigenvalue weighted by molar-refractivity contribution is 0.551. The fraction of sp³-hybridized carbons (Fsp3) is 0.643. The van der Waals surface area contributed by atoms with E-state index in [2.05, 4.69) is 38.8 Å². The molecular formula is C14H20BrClN2. The van der Waals surface area contributed by atoms with Gasteiger partial charge in [0.25, 0.3) is 0 Å². The molecule has 1 aromatic rings. The Kier molecular flexibility index (Phi) is 5.31. The van der Waals surface area contributed by atoms with Crippen molar-refractivity contribution in [2.75, 3.05) is 11.4 Å². The number of halogens is 2. The van der Waals surface area contributed by atoms with Crippen LogP contribution in [0.25, 0.3) is 0 Å². The van der Waals surface area contributed by atoms with Gasteiger partial charge in [0.05, 0.1) is 5.88 Å². The van der Waals surface area contributed by atoms with Crippen LogP contribution >= 0.6 is 27.5 Å². The molecule has 2 heterocycles. The van der Waals surface area contributed by atoms with E-state index in [-0.39, 0.29) is 0 Å². The SMILES string of the molecule is CCC1CCCCCN1c1ncc(Br)cc1CCl. The highest BCUT2D eigenvalue weighted by Crippen LogP contribution is 2.29. The Morgan fingerprint density at radius 3 is 3.00 bits per heavy atom. The summed E-state index contributed by atoms with van der Waals surface area (Å²) >= 11 is 9.54. The van der Waals surface area contributed by atoms with E-state index in [9.17, 15) is 0 Å². The number of pyridine rings is 1. The van der Waals surface area contributed by atoms with Gasteiger partial charge in [-0.3, -0.25) is 0 Å². The zero-order chi connectivity index (χ0) is 13.0. The minimum Gasteiger partial charge on any atom is -0.353 e. The third-order valence-corrected chi connectivity index (χ3v) is 4.40. The lowest BCUT2D eigenvalue weighted by Gasteiger charge is -2.31. The molecule has 18 heavy (non-hydrogen) atoms. The largest absolute Gasteiger partial charge is 0.353 e. The van der Waals surface area contributed by atoms with E-state index in [1.54, 1.807) is 0 Å². The molecule has 0 spiro atoms. The van der Waals surface area contributed by atoms with Crippen LogP contribution in [0.3, 0.4) is 0 Å². The molecule has 100 valence electrons. The fourth-order valence-electron chi connectivity index (χ4n) is 2.71. The van der Waals surface area contributed by atoms with Gasteiger partial charge in [-0.1, -0.05) is 19.8 Å². The van der Waals surface area contributed by atoms with Crippen LogP contribution in [0.2, 0.25) is 0 Å². The summed E-state index contributed by atoms with van der Waals surface area (Å²) in [4.78, 5) is 7.08. The molecule has 2 nitrogen and oxygen atoms in total. The number of alkyl halides is 1. The molecule has 1 aliphatic rings. The maximum absolute atomic E-state index is 6.07. The van der Waals surface area contributed by atoms with Crippen LogP contribution in [-0.2, 0) is 5.88 Å². The van der Waals surface area contributed by atoms with E-state index in [0.717, 1.165) is 22.4 Å². The second kappa shape index (κ2) is 6.76. The molecule has 0 saturated carbocycles. The predicted octanol–water partition coefficient (Wildman–Crippen LogP) is 4.74.